The van der Waals surface area contributed by atoms with Gasteiger partial charge in [-0.1, -0.05) is 6.07 Å². The van der Waals surface area contributed by atoms with Crippen LogP contribution < -0.4 is 5.32 Å². The molecule has 2 rings (SSSR count). The number of carbonyl (C=O) groups is 1. The zero-order valence-electron chi connectivity index (χ0n) is 11.2. The van der Waals surface area contributed by atoms with Gasteiger partial charge >= 0.3 is 6.03 Å². The minimum absolute atomic E-state index is 0.0644. The lowest BCUT2D eigenvalue weighted by atomic mass is 10.3. The molecule has 2 aromatic heterocycles. The third-order valence-electron chi connectivity index (χ3n) is 2.75. The van der Waals surface area contributed by atoms with Crippen LogP contribution in [-0.4, -0.2) is 29.5 Å². The molecule has 0 saturated carbocycles. The molecule has 0 aliphatic carbocycles. The first-order valence-corrected chi connectivity index (χ1v) is 7.89. The SMILES string of the molecule is CN(Cc1ccc(Br)s1)C(=O)NCCc1ccccn1. The van der Waals surface area contributed by atoms with Crippen molar-refractivity contribution in [3.05, 3.63) is 50.9 Å². The average Bonchev–Trinajstić information content (AvgIpc) is 2.85. The molecule has 0 saturated heterocycles. The van der Waals surface area contributed by atoms with Crippen molar-refractivity contribution in [2.75, 3.05) is 13.6 Å². The molecule has 1 N–H and O–H groups in total. The number of urea groups is 1. The molecular formula is C14H16BrN3OS. The van der Waals surface area contributed by atoms with Crippen molar-refractivity contribution >= 4 is 33.3 Å². The van der Waals surface area contributed by atoms with Crippen LogP contribution in [0.2, 0.25) is 0 Å². The van der Waals surface area contributed by atoms with E-state index >= 15 is 0 Å². The van der Waals surface area contributed by atoms with Crippen LogP contribution in [0.25, 0.3) is 0 Å². The fourth-order valence-electron chi connectivity index (χ4n) is 1.72. The molecule has 2 aromatic rings. The second kappa shape index (κ2) is 7.40. The molecule has 6 heteroatoms. The van der Waals surface area contributed by atoms with Crippen molar-refractivity contribution in [2.24, 2.45) is 0 Å². The highest BCUT2D eigenvalue weighted by Gasteiger charge is 2.09. The van der Waals surface area contributed by atoms with Crippen molar-refractivity contribution < 1.29 is 4.79 Å². The number of carbonyl (C=O) groups excluding carboxylic acids is 1. The second-order valence-corrected chi connectivity index (χ2v) is 6.91. The monoisotopic (exact) mass is 353 g/mol. The first kappa shape index (κ1) is 15.0. The van der Waals surface area contributed by atoms with E-state index in [-0.39, 0.29) is 6.03 Å². The molecule has 0 bridgehead atoms. The Morgan fingerprint density at radius 3 is 2.90 bits per heavy atom. The lowest BCUT2D eigenvalue weighted by Gasteiger charge is -2.17. The van der Waals surface area contributed by atoms with Crippen molar-refractivity contribution in [3.63, 3.8) is 0 Å². The first-order valence-electron chi connectivity index (χ1n) is 6.28. The Kier molecular flexibility index (Phi) is 5.55. The van der Waals surface area contributed by atoms with Gasteiger partial charge in [-0.3, -0.25) is 4.98 Å². The van der Waals surface area contributed by atoms with Gasteiger partial charge in [0.15, 0.2) is 0 Å². The van der Waals surface area contributed by atoms with Gasteiger partial charge in [-0.05, 0) is 40.2 Å². The highest BCUT2D eigenvalue weighted by Crippen LogP contribution is 2.22. The Hall–Kier alpha value is -1.40. The summed E-state index contributed by atoms with van der Waals surface area (Å²) >= 11 is 5.06. The molecule has 0 spiro atoms. The van der Waals surface area contributed by atoms with E-state index in [1.165, 1.54) is 0 Å². The van der Waals surface area contributed by atoms with E-state index in [4.69, 9.17) is 0 Å². The first-order chi connectivity index (χ1) is 9.65. The molecule has 0 atom stereocenters. The molecule has 2 amide bonds. The largest absolute Gasteiger partial charge is 0.338 e. The maximum atomic E-state index is 11.9. The number of nitrogens with one attached hydrogen (secondary N) is 1. The van der Waals surface area contributed by atoms with E-state index in [0.717, 1.165) is 20.8 Å². The van der Waals surface area contributed by atoms with Crippen LogP contribution >= 0.6 is 27.3 Å². The highest BCUT2D eigenvalue weighted by molar-refractivity contribution is 9.11. The Labute approximate surface area is 131 Å². The molecule has 0 radical (unpaired) electrons. The summed E-state index contributed by atoms with van der Waals surface area (Å²) in [7, 11) is 1.80. The van der Waals surface area contributed by atoms with E-state index < -0.39 is 0 Å². The highest BCUT2D eigenvalue weighted by atomic mass is 79.9. The minimum atomic E-state index is -0.0644. The van der Waals surface area contributed by atoms with Crippen LogP contribution in [0, 0.1) is 0 Å². The Balaban J connectivity index is 1.74. The van der Waals surface area contributed by atoms with Crippen LogP contribution in [0.5, 0.6) is 0 Å². The van der Waals surface area contributed by atoms with Crippen molar-refractivity contribution in [3.8, 4) is 0 Å². The normalized spacial score (nSPS) is 10.3. The summed E-state index contributed by atoms with van der Waals surface area (Å²) in [4.78, 5) is 19.0. The van der Waals surface area contributed by atoms with Crippen molar-refractivity contribution in [1.29, 1.82) is 0 Å². The van der Waals surface area contributed by atoms with E-state index in [1.54, 1.807) is 29.5 Å². The summed E-state index contributed by atoms with van der Waals surface area (Å²) in [5, 5.41) is 2.90. The van der Waals surface area contributed by atoms with Crippen LogP contribution in [0.3, 0.4) is 0 Å². The van der Waals surface area contributed by atoms with Gasteiger partial charge in [0.05, 0.1) is 10.3 Å². The molecule has 106 valence electrons. The standard InChI is InChI=1S/C14H16BrN3OS/c1-18(10-12-5-6-13(15)20-12)14(19)17-9-7-11-4-2-3-8-16-11/h2-6,8H,7,9-10H2,1H3,(H,17,19). The zero-order chi connectivity index (χ0) is 14.4. The van der Waals surface area contributed by atoms with Crippen molar-refractivity contribution in [1.82, 2.24) is 15.2 Å². The quantitative estimate of drug-likeness (QED) is 0.896. The lowest BCUT2D eigenvalue weighted by Crippen LogP contribution is -2.37. The number of aromatic nitrogens is 1. The summed E-state index contributed by atoms with van der Waals surface area (Å²) in [5.41, 5.74) is 0.984. The van der Waals surface area contributed by atoms with E-state index in [0.29, 0.717) is 13.1 Å². The van der Waals surface area contributed by atoms with Crippen LogP contribution in [0.4, 0.5) is 4.79 Å². The van der Waals surface area contributed by atoms with Gasteiger partial charge in [-0.15, -0.1) is 11.3 Å². The van der Waals surface area contributed by atoms with E-state index in [1.807, 2.05) is 30.3 Å². The summed E-state index contributed by atoms with van der Waals surface area (Å²) in [6.45, 7) is 1.21. The molecule has 20 heavy (non-hydrogen) atoms. The van der Waals surface area contributed by atoms with Crippen LogP contribution in [0.15, 0.2) is 40.3 Å². The third kappa shape index (κ3) is 4.61. The number of amides is 2. The average molecular weight is 354 g/mol. The minimum Gasteiger partial charge on any atom is -0.338 e. The third-order valence-corrected chi connectivity index (χ3v) is 4.36. The molecule has 0 fully saturated rings. The number of nitrogens with zero attached hydrogens (tertiary/aromatic N) is 2. The van der Waals surface area contributed by atoms with Gasteiger partial charge in [0.1, 0.15) is 0 Å². The predicted molar refractivity (Wildman–Crippen MR) is 84.8 cm³/mol. The van der Waals surface area contributed by atoms with Crippen LogP contribution in [-0.2, 0) is 13.0 Å². The smallest absolute Gasteiger partial charge is 0.317 e. The fourth-order valence-corrected chi connectivity index (χ4v) is 3.26. The lowest BCUT2D eigenvalue weighted by molar-refractivity contribution is 0.207. The molecular weight excluding hydrogens is 338 g/mol. The fraction of sp³-hybridized carbons (Fsp3) is 0.286. The number of rotatable bonds is 5. The second-order valence-electron chi connectivity index (χ2n) is 4.36. The van der Waals surface area contributed by atoms with Gasteiger partial charge in [0, 0.05) is 36.8 Å². The van der Waals surface area contributed by atoms with Gasteiger partial charge < -0.3 is 10.2 Å². The molecule has 0 aromatic carbocycles. The summed E-state index contributed by atoms with van der Waals surface area (Å²) in [6, 6.07) is 9.74. The summed E-state index contributed by atoms with van der Waals surface area (Å²) in [6.07, 6.45) is 2.50. The maximum Gasteiger partial charge on any atom is 0.317 e. The number of halogens is 1. The van der Waals surface area contributed by atoms with E-state index in [2.05, 4.69) is 26.2 Å². The molecule has 0 aliphatic heterocycles. The number of hydrogen-bond acceptors (Lipinski definition) is 3. The van der Waals surface area contributed by atoms with Crippen molar-refractivity contribution in [2.45, 2.75) is 13.0 Å². The predicted octanol–water partition coefficient (Wildman–Crippen LogP) is 3.29. The Morgan fingerprint density at radius 1 is 1.40 bits per heavy atom. The van der Waals surface area contributed by atoms with Crippen LogP contribution in [0.1, 0.15) is 10.6 Å². The van der Waals surface area contributed by atoms with Gasteiger partial charge in [-0.25, -0.2) is 4.79 Å². The number of hydrogen-bond donors (Lipinski definition) is 1. The Morgan fingerprint density at radius 2 is 2.25 bits per heavy atom. The number of thiophene rings is 1. The maximum absolute atomic E-state index is 11.9. The number of pyridine rings is 1. The molecule has 0 unspecified atom stereocenters. The van der Waals surface area contributed by atoms with E-state index in [9.17, 15) is 4.79 Å². The van der Waals surface area contributed by atoms with Gasteiger partial charge in [-0.2, -0.15) is 0 Å². The molecule has 0 aliphatic rings. The summed E-state index contributed by atoms with van der Waals surface area (Å²) in [5.74, 6) is 0. The zero-order valence-corrected chi connectivity index (χ0v) is 13.6. The van der Waals surface area contributed by atoms with Gasteiger partial charge in [0.2, 0.25) is 0 Å². The topological polar surface area (TPSA) is 45.2 Å². The Bertz CT molecular complexity index is 559. The molecule has 4 nitrogen and oxygen atoms in total. The summed E-state index contributed by atoms with van der Waals surface area (Å²) < 4.78 is 1.08. The molecule has 2 heterocycles. The van der Waals surface area contributed by atoms with Gasteiger partial charge in [0.25, 0.3) is 0 Å².